The van der Waals surface area contributed by atoms with Crippen LogP contribution >= 0.6 is 0 Å². The maximum atomic E-state index is 8.50. The van der Waals surface area contributed by atoms with Gasteiger partial charge < -0.3 is 0 Å². The first kappa shape index (κ1) is 15.6. The Labute approximate surface area is 70.9 Å². The Kier molecular flexibility index (Phi) is 81.7. The van der Waals surface area contributed by atoms with E-state index in [-0.39, 0.29) is 25.8 Å². The molecule has 3 nitrogen and oxygen atoms in total. The van der Waals surface area contributed by atoms with Crippen LogP contribution in [0.3, 0.4) is 0 Å². The van der Waals surface area contributed by atoms with Crippen molar-refractivity contribution in [3.63, 3.8) is 0 Å². The van der Waals surface area contributed by atoms with E-state index >= 15 is 0 Å². The van der Waals surface area contributed by atoms with Gasteiger partial charge in [-0.2, -0.15) is 0 Å². The second-order valence-corrected chi connectivity index (χ2v) is 0.344. The molecule has 0 amide bonds. The van der Waals surface area contributed by atoms with E-state index in [0.29, 0.717) is 16.2 Å². The Morgan fingerprint density at radius 1 is 1.17 bits per heavy atom. The molecular formula is HAlHfO3Ti. The molecule has 0 aromatic rings. The van der Waals surface area contributed by atoms with Crippen LogP contribution in [0.4, 0.5) is 0 Å². The summed E-state index contributed by atoms with van der Waals surface area (Å²) in [5.41, 5.74) is 0. The van der Waals surface area contributed by atoms with E-state index in [1.54, 1.807) is 0 Å². The van der Waals surface area contributed by atoms with E-state index in [1.807, 2.05) is 0 Å². The molecule has 6 heteroatoms. The van der Waals surface area contributed by atoms with Crippen molar-refractivity contribution >= 4 is 16.2 Å². The van der Waals surface area contributed by atoms with Crippen LogP contribution in [0.25, 0.3) is 0 Å². The molecule has 0 heterocycles. The molecule has 30 valence electrons. The third-order valence-corrected chi connectivity index (χ3v) is 0. The topological polar surface area (TPSA) is 51.2 Å². The van der Waals surface area contributed by atoms with Gasteiger partial charge in [-0.3, -0.25) is 0 Å². The summed E-state index contributed by atoms with van der Waals surface area (Å²) in [4.78, 5) is 0. The summed E-state index contributed by atoms with van der Waals surface area (Å²) in [5.74, 6) is 0. The average Bonchev–Trinajstić information content (AvgIpc) is 1.46. The van der Waals surface area contributed by atoms with Crippen LogP contribution in [0.2, 0.25) is 0 Å². The number of hydrogen-bond acceptors (Lipinski definition) is 3. The molecule has 0 spiro atoms. The molecule has 0 saturated carbocycles. The monoisotopic (exact) mass is 304 g/mol. The second-order valence-electron chi connectivity index (χ2n) is 0.0833. The molecule has 0 bridgehead atoms. The van der Waals surface area contributed by atoms with Gasteiger partial charge in [0.25, 0.3) is 0 Å². The fourth-order valence-electron chi connectivity index (χ4n) is 0. The molecule has 0 aliphatic carbocycles. The molecular weight excluding hydrogens is 301 g/mol. The predicted molar refractivity (Wildman–Crippen MR) is 9.21 cm³/mol. The number of hydrogen-bond donors (Lipinski definition) is 0. The van der Waals surface area contributed by atoms with Gasteiger partial charge in [-0.1, -0.05) is 0 Å². The zero-order valence-electron chi connectivity index (χ0n) is 2.93. The van der Waals surface area contributed by atoms with Crippen LogP contribution in [0, 0.1) is 0 Å². The average molecular weight is 302 g/mol. The summed E-state index contributed by atoms with van der Waals surface area (Å²) < 4.78 is 25.3. The molecule has 0 fully saturated rings. The Balaban J connectivity index is -0.0000000275. The summed E-state index contributed by atoms with van der Waals surface area (Å²) in [6.07, 6.45) is 0. The van der Waals surface area contributed by atoms with Crippen molar-refractivity contribution in [2.45, 2.75) is 0 Å². The van der Waals surface area contributed by atoms with E-state index in [4.69, 9.17) is 10.5 Å². The minimum atomic E-state index is -2.00. The maximum absolute atomic E-state index is 8.50. The van der Waals surface area contributed by atoms with Crippen molar-refractivity contribution in [2.24, 2.45) is 0 Å². The summed E-state index contributed by atoms with van der Waals surface area (Å²) in [6, 6.07) is 0. The van der Waals surface area contributed by atoms with E-state index in [2.05, 4.69) is 0 Å². The van der Waals surface area contributed by atoms with Gasteiger partial charge in [-0.25, -0.2) is 0 Å². The van der Waals surface area contributed by atoms with Gasteiger partial charge in [0.1, 0.15) is 0 Å². The van der Waals surface area contributed by atoms with Crippen molar-refractivity contribution in [3.05, 3.63) is 0 Å². The molecule has 0 saturated heterocycles. The van der Waals surface area contributed by atoms with Crippen molar-refractivity contribution in [1.82, 2.24) is 0 Å². The molecule has 0 atom stereocenters. The summed E-state index contributed by atoms with van der Waals surface area (Å²) in [5, 5.41) is 0. The van der Waals surface area contributed by atoms with Crippen LogP contribution in [0.1, 0.15) is 0 Å². The third kappa shape index (κ3) is 48.9. The molecule has 0 N–H and O–H groups in total. The van der Waals surface area contributed by atoms with Gasteiger partial charge in [0.15, 0.2) is 0 Å². The Morgan fingerprint density at radius 3 is 1.17 bits per heavy atom. The van der Waals surface area contributed by atoms with E-state index < -0.39 is 19.1 Å². The summed E-state index contributed by atoms with van der Waals surface area (Å²) in [6.45, 7) is 0. The minimum absolute atomic E-state index is 0. The predicted octanol–water partition coefficient (Wildman–Crippen LogP) is -1.01. The van der Waals surface area contributed by atoms with Gasteiger partial charge in [-0.05, 0) is 0 Å². The van der Waals surface area contributed by atoms with Gasteiger partial charge in [0, 0.05) is 25.8 Å². The van der Waals surface area contributed by atoms with Crippen LogP contribution in [0.15, 0.2) is 0 Å². The summed E-state index contributed by atoms with van der Waals surface area (Å²) >= 11 is -1.39. The molecule has 6 heavy (non-hydrogen) atoms. The second kappa shape index (κ2) is 31.3. The fourth-order valence-corrected chi connectivity index (χ4v) is 0. The van der Waals surface area contributed by atoms with Crippen molar-refractivity contribution in [2.75, 3.05) is 0 Å². The van der Waals surface area contributed by atoms with Crippen molar-refractivity contribution < 1.29 is 55.4 Å². The van der Waals surface area contributed by atoms with Crippen molar-refractivity contribution in [3.8, 4) is 0 Å². The molecule has 0 aliphatic heterocycles. The first-order chi connectivity index (χ1) is 2.41. The van der Waals surface area contributed by atoms with E-state index in [1.165, 1.54) is 0 Å². The first-order valence-corrected chi connectivity index (χ1v) is 2.55. The number of rotatable bonds is 0. The quantitative estimate of drug-likeness (QED) is 0.539. The Morgan fingerprint density at radius 2 is 1.17 bits per heavy atom. The summed E-state index contributed by atoms with van der Waals surface area (Å²) in [7, 11) is 0. The van der Waals surface area contributed by atoms with Gasteiger partial charge >= 0.3 is 45.8 Å². The zero-order chi connectivity index (χ0) is 4.71. The van der Waals surface area contributed by atoms with E-state index in [0.717, 1.165) is 0 Å². The normalized spacial score (nSPS) is 1.83. The molecule has 0 rings (SSSR count). The van der Waals surface area contributed by atoms with Crippen molar-refractivity contribution in [1.29, 1.82) is 0 Å². The first-order valence-electron chi connectivity index (χ1n) is 0.697. The van der Waals surface area contributed by atoms with Gasteiger partial charge in [0.05, 0.1) is 0 Å². The molecule has 0 aromatic carbocycles. The van der Waals surface area contributed by atoms with Crippen LogP contribution in [-0.4, -0.2) is 16.2 Å². The van der Waals surface area contributed by atoms with Crippen LogP contribution < -0.4 is 0 Å². The Bertz CT molecular complexity index is 40.1. The SMILES string of the molecule is [Hf].[O]=[AlH].[O]=[Ti]=[O]. The third-order valence-electron chi connectivity index (χ3n) is 0. The van der Waals surface area contributed by atoms with Gasteiger partial charge in [-0.15, -0.1) is 0 Å². The van der Waals surface area contributed by atoms with Crippen LogP contribution in [-0.2, 0) is 55.4 Å². The standard InChI is InChI=1S/Al.Hf.3O.Ti.H. The molecule has 0 aliphatic rings. The molecule has 0 radical (unpaired) electrons. The molecule has 0 aromatic heterocycles. The Hall–Kier alpha value is 1.52. The zero-order valence-corrected chi connectivity index (χ0v) is 9.50. The van der Waals surface area contributed by atoms with Gasteiger partial charge in [0.2, 0.25) is 0 Å². The molecule has 0 unspecified atom stereocenters. The van der Waals surface area contributed by atoms with Crippen LogP contribution in [0.5, 0.6) is 0 Å². The fraction of sp³-hybridized carbons (Fsp3) is 0. The van der Waals surface area contributed by atoms with E-state index in [9.17, 15) is 0 Å².